The number of nitrogens with one attached hydrogen (secondary N) is 1. The second kappa shape index (κ2) is 11.5. The zero-order valence-corrected chi connectivity index (χ0v) is 21.3. The molecular formula is C27H33FN4O4. The number of hydrogen-bond donors (Lipinski definition) is 1. The average molecular weight is 497 g/mol. The second-order valence-electron chi connectivity index (χ2n) is 8.84. The number of methoxy groups -OCH3 is 1. The molecule has 8 nitrogen and oxygen atoms in total. The number of pyridine rings is 1. The molecule has 1 N–H and O–H groups in total. The van der Waals surface area contributed by atoms with Crippen molar-refractivity contribution in [2.75, 3.05) is 70.4 Å². The molecule has 0 bridgehead atoms. The molecule has 0 spiro atoms. The van der Waals surface area contributed by atoms with Crippen molar-refractivity contribution in [3.63, 3.8) is 0 Å². The summed E-state index contributed by atoms with van der Waals surface area (Å²) in [6.07, 6.45) is 1.46. The van der Waals surface area contributed by atoms with Crippen LogP contribution in [0.4, 0.5) is 21.5 Å². The van der Waals surface area contributed by atoms with Crippen LogP contribution in [-0.2, 0) is 9.47 Å². The van der Waals surface area contributed by atoms with Gasteiger partial charge in [0.15, 0.2) is 0 Å². The lowest BCUT2D eigenvalue weighted by Gasteiger charge is -2.35. The molecule has 0 radical (unpaired) electrons. The first-order valence-corrected chi connectivity index (χ1v) is 12.1. The molecule has 9 heteroatoms. The summed E-state index contributed by atoms with van der Waals surface area (Å²) >= 11 is 0. The van der Waals surface area contributed by atoms with E-state index in [1.165, 1.54) is 12.3 Å². The first-order valence-electron chi connectivity index (χ1n) is 12.1. The van der Waals surface area contributed by atoms with E-state index in [9.17, 15) is 9.18 Å². The molecule has 1 aliphatic heterocycles. The quantitative estimate of drug-likeness (QED) is 0.346. The maximum Gasteiger partial charge on any atom is 0.341 e. The van der Waals surface area contributed by atoms with Crippen molar-refractivity contribution in [3.05, 3.63) is 53.5 Å². The van der Waals surface area contributed by atoms with Crippen molar-refractivity contribution in [3.8, 4) is 5.75 Å². The molecule has 2 aromatic carbocycles. The van der Waals surface area contributed by atoms with Crippen LogP contribution in [0.2, 0.25) is 0 Å². The number of likely N-dealkylation sites (N-methyl/N-ethyl adjacent to an activating group) is 1. The molecular weight excluding hydrogens is 463 g/mol. The molecule has 4 rings (SSSR count). The molecule has 192 valence electrons. The first-order chi connectivity index (χ1) is 17.4. The number of esters is 1. The third-order valence-electron chi connectivity index (χ3n) is 6.21. The third kappa shape index (κ3) is 5.68. The Labute approximate surface area is 211 Å². The summed E-state index contributed by atoms with van der Waals surface area (Å²) < 4.78 is 31.3. The summed E-state index contributed by atoms with van der Waals surface area (Å²) in [4.78, 5) is 21.9. The number of piperazine rings is 1. The number of hydrogen-bond acceptors (Lipinski definition) is 8. The van der Waals surface area contributed by atoms with Gasteiger partial charge in [0.05, 0.1) is 35.8 Å². The number of anilines is 3. The highest BCUT2D eigenvalue weighted by atomic mass is 19.1. The zero-order chi connectivity index (χ0) is 25.7. The lowest BCUT2D eigenvalue weighted by molar-refractivity contribution is 0.0527. The van der Waals surface area contributed by atoms with Gasteiger partial charge < -0.3 is 29.3 Å². The van der Waals surface area contributed by atoms with E-state index in [4.69, 9.17) is 14.2 Å². The van der Waals surface area contributed by atoms with E-state index in [1.807, 2.05) is 19.1 Å². The van der Waals surface area contributed by atoms with Crippen LogP contribution in [0, 0.1) is 12.7 Å². The first kappa shape index (κ1) is 25.7. The van der Waals surface area contributed by atoms with Crippen molar-refractivity contribution in [1.82, 2.24) is 9.88 Å². The second-order valence-corrected chi connectivity index (χ2v) is 8.84. The molecule has 0 amide bonds. The molecule has 0 saturated carbocycles. The van der Waals surface area contributed by atoms with E-state index in [2.05, 4.69) is 27.1 Å². The van der Waals surface area contributed by atoms with Gasteiger partial charge in [0, 0.05) is 50.9 Å². The van der Waals surface area contributed by atoms with Gasteiger partial charge in [0.25, 0.3) is 0 Å². The maximum atomic E-state index is 14.7. The minimum atomic E-state index is -0.524. The monoisotopic (exact) mass is 496 g/mol. The van der Waals surface area contributed by atoms with E-state index in [0.717, 1.165) is 37.4 Å². The maximum absolute atomic E-state index is 14.7. The number of halogens is 1. The van der Waals surface area contributed by atoms with Crippen molar-refractivity contribution in [2.45, 2.75) is 13.8 Å². The Morgan fingerprint density at radius 2 is 1.92 bits per heavy atom. The molecule has 1 aliphatic rings. The Hall–Kier alpha value is -3.43. The fraction of sp³-hybridized carbons (Fsp3) is 0.407. The fourth-order valence-corrected chi connectivity index (χ4v) is 4.22. The molecule has 1 aromatic heterocycles. The lowest BCUT2D eigenvalue weighted by atomic mass is 10.1. The zero-order valence-electron chi connectivity index (χ0n) is 21.3. The molecule has 0 aliphatic carbocycles. The van der Waals surface area contributed by atoms with E-state index >= 15 is 0 Å². The van der Waals surface area contributed by atoms with Gasteiger partial charge in [-0.3, -0.25) is 4.98 Å². The summed E-state index contributed by atoms with van der Waals surface area (Å²) in [5.74, 6) is -0.253. The topological polar surface area (TPSA) is 76.2 Å². The van der Waals surface area contributed by atoms with Gasteiger partial charge in [0.1, 0.15) is 23.7 Å². The Morgan fingerprint density at radius 3 is 2.64 bits per heavy atom. The van der Waals surface area contributed by atoms with Crippen LogP contribution in [-0.4, -0.2) is 76.0 Å². The molecule has 0 atom stereocenters. The van der Waals surface area contributed by atoms with Crippen LogP contribution >= 0.6 is 0 Å². The van der Waals surface area contributed by atoms with Crippen LogP contribution in [0.15, 0.2) is 36.5 Å². The van der Waals surface area contributed by atoms with E-state index < -0.39 is 11.8 Å². The molecule has 0 unspecified atom stereocenters. The summed E-state index contributed by atoms with van der Waals surface area (Å²) in [6.45, 7) is 8.16. The van der Waals surface area contributed by atoms with Crippen molar-refractivity contribution in [2.24, 2.45) is 0 Å². The molecule has 3 aromatic rings. The Balaban J connectivity index is 1.88. The molecule has 2 heterocycles. The Bertz CT molecular complexity index is 1230. The predicted molar refractivity (Wildman–Crippen MR) is 139 cm³/mol. The van der Waals surface area contributed by atoms with E-state index in [1.54, 1.807) is 26.2 Å². The van der Waals surface area contributed by atoms with Crippen molar-refractivity contribution < 1.29 is 23.4 Å². The van der Waals surface area contributed by atoms with E-state index in [-0.39, 0.29) is 17.9 Å². The predicted octanol–water partition coefficient (Wildman–Crippen LogP) is 4.38. The number of fused-ring (bicyclic) bond motifs is 1. The minimum Gasteiger partial charge on any atom is -0.489 e. The van der Waals surface area contributed by atoms with Crippen LogP contribution in [0.25, 0.3) is 10.9 Å². The van der Waals surface area contributed by atoms with Gasteiger partial charge in [-0.2, -0.15) is 0 Å². The normalized spacial score (nSPS) is 14.2. The summed E-state index contributed by atoms with van der Waals surface area (Å²) in [5, 5.41) is 3.84. The van der Waals surface area contributed by atoms with Crippen molar-refractivity contribution >= 4 is 33.9 Å². The number of carbonyl (C=O) groups excluding carboxylic acids is 1. The fourth-order valence-electron chi connectivity index (χ4n) is 4.22. The Kier molecular flexibility index (Phi) is 8.22. The summed E-state index contributed by atoms with van der Waals surface area (Å²) in [5.41, 5.74) is 3.35. The van der Waals surface area contributed by atoms with Gasteiger partial charge in [-0.25, -0.2) is 9.18 Å². The summed E-state index contributed by atoms with van der Waals surface area (Å²) in [7, 11) is 3.73. The number of aromatic nitrogens is 1. The van der Waals surface area contributed by atoms with Gasteiger partial charge in [-0.15, -0.1) is 0 Å². The molecule has 36 heavy (non-hydrogen) atoms. The van der Waals surface area contributed by atoms with Gasteiger partial charge in [-0.05, 0) is 44.7 Å². The average Bonchev–Trinajstić information content (AvgIpc) is 2.87. The van der Waals surface area contributed by atoms with Gasteiger partial charge in [-0.1, -0.05) is 6.07 Å². The number of nitrogens with zero attached hydrogens (tertiary/aromatic N) is 3. The smallest absolute Gasteiger partial charge is 0.341 e. The standard InChI is InChI=1S/C27H33FN4O4/c1-5-35-27(33)20-17-29-22-16-25(36-13-12-34-4)24(32-10-8-31(3)9-11-32)15-19(22)26(20)30-23-14-18(2)6-7-21(23)28/h6-7,14-17H,5,8-13H2,1-4H3,(H,29,30). The van der Waals surface area contributed by atoms with Crippen LogP contribution in [0.3, 0.4) is 0 Å². The number of aryl methyl sites for hydroxylation is 1. The van der Waals surface area contributed by atoms with Gasteiger partial charge >= 0.3 is 5.97 Å². The number of ether oxygens (including phenoxy) is 3. The minimum absolute atomic E-state index is 0.216. The molecule has 1 fully saturated rings. The number of rotatable bonds is 9. The lowest BCUT2D eigenvalue weighted by Crippen LogP contribution is -2.44. The highest BCUT2D eigenvalue weighted by Crippen LogP contribution is 2.39. The highest BCUT2D eigenvalue weighted by molar-refractivity contribution is 6.07. The summed E-state index contributed by atoms with van der Waals surface area (Å²) in [6, 6.07) is 8.65. The van der Waals surface area contributed by atoms with Crippen LogP contribution in [0.5, 0.6) is 5.75 Å². The third-order valence-corrected chi connectivity index (χ3v) is 6.21. The molecule has 1 saturated heterocycles. The highest BCUT2D eigenvalue weighted by Gasteiger charge is 2.23. The van der Waals surface area contributed by atoms with Gasteiger partial charge in [0.2, 0.25) is 0 Å². The van der Waals surface area contributed by atoms with Crippen LogP contribution in [0.1, 0.15) is 22.8 Å². The largest absolute Gasteiger partial charge is 0.489 e. The van der Waals surface area contributed by atoms with E-state index in [0.29, 0.717) is 35.6 Å². The number of carbonyl (C=O) groups is 1. The van der Waals surface area contributed by atoms with Crippen LogP contribution < -0.4 is 15.0 Å². The number of benzene rings is 2. The Morgan fingerprint density at radius 1 is 1.14 bits per heavy atom. The SMILES string of the molecule is CCOC(=O)c1cnc2cc(OCCOC)c(N3CCN(C)CC3)cc2c1Nc1cc(C)ccc1F. The van der Waals surface area contributed by atoms with Crippen molar-refractivity contribution in [1.29, 1.82) is 0 Å².